The number of methoxy groups -OCH3 is 1. The van der Waals surface area contributed by atoms with Crippen molar-refractivity contribution in [1.29, 1.82) is 0 Å². The van der Waals surface area contributed by atoms with E-state index in [0.29, 0.717) is 5.75 Å². The van der Waals surface area contributed by atoms with Crippen molar-refractivity contribution in [3.63, 3.8) is 0 Å². The molecule has 1 aromatic heterocycles. The number of amides is 1. The highest BCUT2D eigenvalue weighted by Gasteiger charge is 2.27. The van der Waals surface area contributed by atoms with E-state index in [1.54, 1.807) is 18.3 Å². The Hall–Kier alpha value is -1.78. The van der Waals surface area contributed by atoms with Gasteiger partial charge in [-0.15, -0.1) is 0 Å². The molecule has 6 heteroatoms. The van der Waals surface area contributed by atoms with Crippen LogP contribution in [-0.4, -0.2) is 18.0 Å². The van der Waals surface area contributed by atoms with E-state index in [1.165, 1.54) is 7.11 Å². The molecule has 1 N–H and O–H groups in total. The first kappa shape index (κ1) is 16.6. The van der Waals surface area contributed by atoms with Crippen LogP contribution in [0.15, 0.2) is 36.5 Å². The van der Waals surface area contributed by atoms with Gasteiger partial charge in [-0.05, 0) is 38.1 Å². The minimum absolute atomic E-state index is 0.216. The van der Waals surface area contributed by atoms with Crippen molar-refractivity contribution in [2.45, 2.75) is 19.4 Å². The maximum absolute atomic E-state index is 12.5. The molecule has 0 saturated carbocycles. The predicted octanol–water partition coefficient (Wildman–Crippen LogP) is 4.06. The van der Waals surface area contributed by atoms with Crippen LogP contribution < -0.4 is 10.1 Å². The van der Waals surface area contributed by atoms with Gasteiger partial charge in [-0.2, -0.15) is 0 Å². The van der Waals surface area contributed by atoms with Crippen molar-refractivity contribution < 1.29 is 9.53 Å². The van der Waals surface area contributed by atoms with Gasteiger partial charge in [0.05, 0.1) is 34.0 Å². The van der Waals surface area contributed by atoms with Crippen LogP contribution in [0.1, 0.15) is 29.9 Å². The maximum atomic E-state index is 12.5. The second-order valence-corrected chi connectivity index (χ2v) is 6.07. The lowest BCUT2D eigenvalue weighted by Crippen LogP contribution is -2.41. The molecule has 116 valence electrons. The van der Waals surface area contributed by atoms with Crippen LogP contribution in [0.25, 0.3) is 0 Å². The van der Waals surface area contributed by atoms with E-state index in [0.717, 1.165) is 5.69 Å². The average molecular weight is 339 g/mol. The molecule has 0 aliphatic rings. The number of rotatable bonds is 4. The Bertz CT molecular complexity index is 665. The zero-order valence-corrected chi connectivity index (χ0v) is 14.0. The van der Waals surface area contributed by atoms with Crippen molar-refractivity contribution in [2.24, 2.45) is 0 Å². The van der Waals surface area contributed by atoms with Gasteiger partial charge >= 0.3 is 0 Å². The number of halogens is 2. The van der Waals surface area contributed by atoms with Gasteiger partial charge in [0.2, 0.25) is 0 Å². The second kappa shape index (κ2) is 6.55. The molecule has 0 saturated heterocycles. The van der Waals surface area contributed by atoms with Gasteiger partial charge in [0.15, 0.2) is 0 Å². The fourth-order valence-electron chi connectivity index (χ4n) is 2.03. The summed E-state index contributed by atoms with van der Waals surface area (Å²) >= 11 is 12.3. The average Bonchev–Trinajstić information content (AvgIpc) is 2.46. The van der Waals surface area contributed by atoms with Gasteiger partial charge in [0.25, 0.3) is 5.91 Å². The third kappa shape index (κ3) is 3.51. The highest BCUT2D eigenvalue weighted by molar-refractivity contribution is 6.39. The Morgan fingerprint density at radius 1 is 1.23 bits per heavy atom. The van der Waals surface area contributed by atoms with Crippen LogP contribution in [0.2, 0.25) is 10.0 Å². The number of carbonyl (C=O) groups is 1. The number of benzene rings is 1. The summed E-state index contributed by atoms with van der Waals surface area (Å²) < 4.78 is 5.07. The summed E-state index contributed by atoms with van der Waals surface area (Å²) in [4.78, 5) is 16.8. The molecule has 4 nitrogen and oxygen atoms in total. The molecular weight excluding hydrogens is 323 g/mol. The smallest absolute Gasteiger partial charge is 0.255 e. The number of carbonyl (C=O) groups excluding carboxylic acids is 1. The SMILES string of the molecule is COc1cc(Cl)c(C(=O)NC(C)(C)c2ccccn2)c(Cl)c1. The Morgan fingerprint density at radius 2 is 1.86 bits per heavy atom. The lowest BCUT2D eigenvalue weighted by Gasteiger charge is -2.26. The molecule has 0 fully saturated rings. The summed E-state index contributed by atoms with van der Waals surface area (Å²) in [6.45, 7) is 3.72. The maximum Gasteiger partial charge on any atom is 0.255 e. The molecule has 2 aromatic rings. The Kier molecular flexibility index (Phi) is 4.94. The Labute approximate surface area is 139 Å². The minimum Gasteiger partial charge on any atom is -0.497 e. The normalized spacial score (nSPS) is 11.1. The van der Waals surface area contributed by atoms with Crippen LogP contribution in [0.3, 0.4) is 0 Å². The minimum atomic E-state index is -0.662. The number of nitrogens with zero attached hydrogens (tertiary/aromatic N) is 1. The first-order valence-corrected chi connectivity index (χ1v) is 7.38. The molecule has 0 unspecified atom stereocenters. The fourth-order valence-corrected chi connectivity index (χ4v) is 2.67. The lowest BCUT2D eigenvalue weighted by atomic mass is 9.99. The van der Waals surface area contributed by atoms with Crippen LogP contribution >= 0.6 is 23.2 Å². The summed E-state index contributed by atoms with van der Waals surface area (Å²) in [5.41, 5.74) is 0.294. The van der Waals surface area contributed by atoms with Gasteiger partial charge < -0.3 is 10.1 Å². The van der Waals surface area contributed by atoms with Crippen LogP contribution in [0.5, 0.6) is 5.75 Å². The van der Waals surface area contributed by atoms with Crippen molar-refractivity contribution in [3.05, 3.63) is 57.8 Å². The highest BCUT2D eigenvalue weighted by atomic mass is 35.5. The molecule has 1 heterocycles. The van der Waals surface area contributed by atoms with Crippen molar-refractivity contribution >= 4 is 29.1 Å². The predicted molar refractivity (Wildman–Crippen MR) is 87.7 cm³/mol. The summed E-state index contributed by atoms with van der Waals surface area (Å²) in [6, 6.07) is 8.63. The third-order valence-electron chi connectivity index (χ3n) is 3.21. The highest BCUT2D eigenvalue weighted by Crippen LogP contribution is 2.31. The molecular formula is C16H16Cl2N2O2. The van der Waals surface area contributed by atoms with Gasteiger partial charge in [-0.3, -0.25) is 9.78 Å². The van der Waals surface area contributed by atoms with E-state index in [9.17, 15) is 4.79 Å². The molecule has 0 aliphatic carbocycles. The van der Waals surface area contributed by atoms with E-state index in [2.05, 4.69) is 10.3 Å². The van der Waals surface area contributed by atoms with E-state index >= 15 is 0 Å². The monoisotopic (exact) mass is 338 g/mol. The topological polar surface area (TPSA) is 51.2 Å². The van der Waals surface area contributed by atoms with Gasteiger partial charge in [-0.25, -0.2) is 0 Å². The van der Waals surface area contributed by atoms with E-state index < -0.39 is 5.54 Å². The number of aromatic nitrogens is 1. The zero-order chi connectivity index (χ0) is 16.3. The second-order valence-electron chi connectivity index (χ2n) is 5.26. The molecule has 0 aliphatic heterocycles. The molecule has 0 spiro atoms. The molecule has 0 bridgehead atoms. The quantitative estimate of drug-likeness (QED) is 0.914. The standard InChI is InChI=1S/C16H16Cl2N2O2/c1-16(2,13-6-4-5-7-19-13)20-15(21)14-11(17)8-10(22-3)9-12(14)18/h4-9H,1-3H3,(H,20,21). The summed E-state index contributed by atoms with van der Waals surface area (Å²) in [7, 11) is 1.51. The lowest BCUT2D eigenvalue weighted by molar-refractivity contribution is 0.0910. The summed E-state index contributed by atoms with van der Waals surface area (Å²) in [5.74, 6) is 0.129. The number of pyridine rings is 1. The van der Waals surface area contributed by atoms with Gasteiger partial charge in [0, 0.05) is 6.20 Å². The van der Waals surface area contributed by atoms with Crippen molar-refractivity contribution in [1.82, 2.24) is 10.3 Å². The van der Waals surface area contributed by atoms with Gasteiger partial charge in [-0.1, -0.05) is 29.3 Å². The molecule has 2 rings (SSSR count). The molecule has 22 heavy (non-hydrogen) atoms. The Balaban J connectivity index is 2.30. The number of nitrogens with one attached hydrogen (secondary N) is 1. The first-order chi connectivity index (χ1) is 10.3. The number of hydrogen-bond donors (Lipinski definition) is 1. The molecule has 0 radical (unpaired) electrons. The van der Waals surface area contributed by atoms with Crippen molar-refractivity contribution in [2.75, 3.05) is 7.11 Å². The number of ether oxygens (including phenoxy) is 1. The zero-order valence-electron chi connectivity index (χ0n) is 12.5. The molecule has 1 aromatic carbocycles. The van der Waals surface area contributed by atoms with E-state index in [4.69, 9.17) is 27.9 Å². The van der Waals surface area contributed by atoms with Gasteiger partial charge in [0.1, 0.15) is 5.75 Å². The third-order valence-corrected chi connectivity index (χ3v) is 3.81. The number of hydrogen-bond acceptors (Lipinski definition) is 3. The Morgan fingerprint density at radius 3 is 2.36 bits per heavy atom. The largest absolute Gasteiger partial charge is 0.497 e. The molecule has 0 atom stereocenters. The summed E-state index contributed by atoms with van der Waals surface area (Å²) in [5, 5.41) is 3.37. The van der Waals surface area contributed by atoms with E-state index in [-0.39, 0.29) is 21.5 Å². The van der Waals surface area contributed by atoms with Crippen LogP contribution in [-0.2, 0) is 5.54 Å². The van der Waals surface area contributed by atoms with E-state index in [1.807, 2.05) is 32.0 Å². The van der Waals surface area contributed by atoms with Crippen molar-refractivity contribution in [3.8, 4) is 5.75 Å². The van der Waals surface area contributed by atoms with Crippen LogP contribution in [0, 0.1) is 0 Å². The fraction of sp³-hybridized carbons (Fsp3) is 0.250. The van der Waals surface area contributed by atoms with Crippen LogP contribution in [0.4, 0.5) is 0 Å². The summed E-state index contributed by atoms with van der Waals surface area (Å²) in [6.07, 6.45) is 1.68. The molecule has 1 amide bonds. The first-order valence-electron chi connectivity index (χ1n) is 6.62.